The lowest BCUT2D eigenvalue weighted by atomic mass is 9.69. The van der Waals surface area contributed by atoms with Crippen molar-refractivity contribution in [2.24, 2.45) is 23.0 Å². The molecule has 0 saturated heterocycles. The minimum Gasteiger partial charge on any atom is -0.330 e. The summed E-state index contributed by atoms with van der Waals surface area (Å²) in [6.45, 7) is 0.894. The molecule has 2 N–H and O–H groups in total. The Kier molecular flexibility index (Phi) is 2.73. The van der Waals surface area contributed by atoms with Crippen LogP contribution in [0, 0.1) is 17.3 Å². The lowest BCUT2D eigenvalue weighted by molar-refractivity contribution is 0.171. The molecule has 3 aliphatic carbocycles. The number of hydrogen-bond donors (Lipinski definition) is 1. The molecule has 2 bridgehead atoms. The fourth-order valence-electron chi connectivity index (χ4n) is 5.24. The van der Waals surface area contributed by atoms with E-state index < -0.39 is 0 Å². The molecule has 0 aromatic heterocycles. The second-order valence-corrected chi connectivity index (χ2v) is 7.28. The van der Waals surface area contributed by atoms with Gasteiger partial charge in [0.25, 0.3) is 0 Å². The number of benzene rings is 1. The monoisotopic (exact) mass is 255 g/mol. The lowest BCUT2D eigenvalue weighted by Crippen LogP contribution is -2.37. The van der Waals surface area contributed by atoms with Crippen molar-refractivity contribution in [3.05, 3.63) is 34.9 Å². The minimum atomic E-state index is 0.440. The van der Waals surface area contributed by atoms with Crippen LogP contribution in [-0.4, -0.2) is 6.54 Å². The van der Waals surface area contributed by atoms with E-state index in [-0.39, 0.29) is 0 Å². The summed E-state index contributed by atoms with van der Waals surface area (Å²) in [6.07, 6.45) is 10.9. The molecule has 0 spiro atoms. The molecule has 2 fully saturated rings. The molecule has 1 aromatic rings. The molecule has 1 nitrogen and oxygen atoms in total. The fourth-order valence-corrected chi connectivity index (χ4v) is 5.24. The summed E-state index contributed by atoms with van der Waals surface area (Å²) in [5.74, 6) is 1.90. The van der Waals surface area contributed by atoms with Gasteiger partial charge in [-0.25, -0.2) is 0 Å². The van der Waals surface area contributed by atoms with Crippen LogP contribution in [-0.2, 0) is 19.3 Å². The molecule has 19 heavy (non-hydrogen) atoms. The smallest absolute Gasteiger partial charge is 0.00146 e. The van der Waals surface area contributed by atoms with Gasteiger partial charge in [-0.15, -0.1) is 0 Å². The molecule has 4 rings (SSSR count). The summed E-state index contributed by atoms with van der Waals surface area (Å²) in [4.78, 5) is 0. The average Bonchev–Trinajstić information content (AvgIpc) is 3.12. The van der Waals surface area contributed by atoms with Gasteiger partial charge in [0.05, 0.1) is 0 Å². The van der Waals surface area contributed by atoms with E-state index in [1.165, 1.54) is 51.4 Å². The first-order valence-corrected chi connectivity index (χ1v) is 8.10. The maximum absolute atomic E-state index is 6.22. The van der Waals surface area contributed by atoms with E-state index in [0.717, 1.165) is 18.4 Å². The van der Waals surface area contributed by atoms with Crippen molar-refractivity contribution in [3.63, 3.8) is 0 Å². The van der Waals surface area contributed by atoms with E-state index in [4.69, 9.17) is 5.73 Å². The summed E-state index contributed by atoms with van der Waals surface area (Å²) in [5.41, 5.74) is 11.4. The van der Waals surface area contributed by atoms with Gasteiger partial charge in [0.15, 0.2) is 0 Å². The molecule has 3 unspecified atom stereocenters. The SMILES string of the molecule is NCC1(Cc2ccc3c(c2)CCC3)CC2CCC1C2. The summed E-state index contributed by atoms with van der Waals surface area (Å²) in [6, 6.07) is 7.26. The predicted molar refractivity (Wildman–Crippen MR) is 79.1 cm³/mol. The highest BCUT2D eigenvalue weighted by Crippen LogP contribution is 2.56. The van der Waals surface area contributed by atoms with Crippen LogP contribution in [0.25, 0.3) is 0 Å². The predicted octanol–water partition coefficient (Wildman–Crippen LogP) is 3.48. The Bertz CT molecular complexity index is 492. The first kappa shape index (κ1) is 12.0. The molecule has 102 valence electrons. The first-order chi connectivity index (χ1) is 9.29. The molecule has 0 amide bonds. The van der Waals surface area contributed by atoms with E-state index >= 15 is 0 Å². The number of fused-ring (bicyclic) bond motifs is 3. The van der Waals surface area contributed by atoms with Gasteiger partial charge in [0, 0.05) is 0 Å². The van der Waals surface area contributed by atoms with Gasteiger partial charge in [0.2, 0.25) is 0 Å². The van der Waals surface area contributed by atoms with Crippen LogP contribution in [0.2, 0.25) is 0 Å². The zero-order valence-electron chi connectivity index (χ0n) is 11.8. The van der Waals surface area contributed by atoms with Crippen molar-refractivity contribution in [3.8, 4) is 0 Å². The molecular formula is C18H25N. The highest BCUT2D eigenvalue weighted by Gasteiger charge is 2.49. The topological polar surface area (TPSA) is 26.0 Å². The molecular weight excluding hydrogens is 230 g/mol. The van der Waals surface area contributed by atoms with E-state index in [2.05, 4.69) is 18.2 Å². The standard InChI is InChI=1S/C18H25N/c19-12-18(11-14-5-7-17(18)9-14)10-13-4-6-15-2-1-3-16(15)8-13/h4,6,8,14,17H,1-3,5,7,9-12,19H2. The summed E-state index contributed by atoms with van der Waals surface area (Å²) < 4.78 is 0. The van der Waals surface area contributed by atoms with Gasteiger partial charge < -0.3 is 5.73 Å². The molecule has 1 heteroatoms. The van der Waals surface area contributed by atoms with Gasteiger partial charge in [-0.3, -0.25) is 0 Å². The van der Waals surface area contributed by atoms with Gasteiger partial charge in [0.1, 0.15) is 0 Å². The summed E-state index contributed by atoms with van der Waals surface area (Å²) >= 11 is 0. The van der Waals surface area contributed by atoms with Gasteiger partial charge >= 0.3 is 0 Å². The van der Waals surface area contributed by atoms with Crippen molar-refractivity contribution in [2.45, 2.75) is 51.4 Å². The molecule has 0 aliphatic heterocycles. The van der Waals surface area contributed by atoms with Crippen LogP contribution in [0.4, 0.5) is 0 Å². The van der Waals surface area contributed by atoms with E-state index in [1.54, 1.807) is 16.7 Å². The number of rotatable bonds is 3. The number of nitrogens with two attached hydrogens (primary N) is 1. The van der Waals surface area contributed by atoms with E-state index in [9.17, 15) is 0 Å². The van der Waals surface area contributed by atoms with Crippen molar-refractivity contribution < 1.29 is 0 Å². The zero-order valence-corrected chi connectivity index (χ0v) is 11.8. The number of hydrogen-bond acceptors (Lipinski definition) is 1. The van der Waals surface area contributed by atoms with Crippen molar-refractivity contribution in [2.75, 3.05) is 6.54 Å². The Morgan fingerprint density at radius 2 is 2.05 bits per heavy atom. The second kappa shape index (κ2) is 4.34. The van der Waals surface area contributed by atoms with Crippen LogP contribution in [0.5, 0.6) is 0 Å². The average molecular weight is 255 g/mol. The highest BCUT2D eigenvalue weighted by molar-refractivity contribution is 5.36. The first-order valence-electron chi connectivity index (χ1n) is 8.10. The van der Waals surface area contributed by atoms with E-state index in [0.29, 0.717) is 5.41 Å². The largest absolute Gasteiger partial charge is 0.330 e. The Morgan fingerprint density at radius 3 is 2.79 bits per heavy atom. The van der Waals surface area contributed by atoms with Gasteiger partial charge in [-0.05, 0) is 85.4 Å². The van der Waals surface area contributed by atoms with Crippen LogP contribution in [0.3, 0.4) is 0 Å². The van der Waals surface area contributed by atoms with Crippen molar-refractivity contribution >= 4 is 0 Å². The van der Waals surface area contributed by atoms with Crippen LogP contribution in [0.1, 0.15) is 48.8 Å². The van der Waals surface area contributed by atoms with Crippen molar-refractivity contribution in [1.29, 1.82) is 0 Å². The highest BCUT2D eigenvalue weighted by atomic mass is 14.7. The normalized spacial score (nSPS) is 35.8. The quantitative estimate of drug-likeness (QED) is 0.879. The third-order valence-corrected chi connectivity index (χ3v) is 6.23. The minimum absolute atomic E-state index is 0.440. The molecule has 3 aliphatic rings. The van der Waals surface area contributed by atoms with E-state index in [1.807, 2.05) is 0 Å². The maximum atomic E-state index is 6.22. The van der Waals surface area contributed by atoms with Gasteiger partial charge in [-0.1, -0.05) is 24.6 Å². The molecule has 0 radical (unpaired) electrons. The van der Waals surface area contributed by atoms with Crippen LogP contribution in [0.15, 0.2) is 18.2 Å². The van der Waals surface area contributed by atoms with Crippen LogP contribution < -0.4 is 5.73 Å². The lowest BCUT2D eigenvalue weighted by Gasteiger charge is -2.37. The third-order valence-electron chi connectivity index (χ3n) is 6.23. The molecule has 2 saturated carbocycles. The number of aryl methyl sites for hydroxylation is 2. The summed E-state index contributed by atoms with van der Waals surface area (Å²) in [5, 5.41) is 0. The molecule has 0 heterocycles. The molecule has 3 atom stereocenters. The van der Waals surface area contributed by atoms with Gasteiger partial charge in [-0.2, -0.15) is 0 Å². The second-order valence-electron chi connectivity index (χ2n) is 7.28. The Morgan fingerprint density at radius 1 is 1.16 bits per heavy atom. The van der Waals surface area contributed by atoms with Crippen molar-refractivity contribution in [1.82, 2.24) is 0 Å². The Labute approximate surface area is 116 Å². The fraction of sp³-hybridized carbons (Fsp3) is 0.667. The molecule has 1 aromatic carbocycles. The maximum Gasteiger partial charge on any atom is -0.00146 e. The summed E-state index contributed by atoms with van der Waals surface area (Å²) in [7, 11) is 0. The van der Waals surface area contributed by atoms with Crippen LogP contribution >= 0.6 is 0 Å². The third kappa shape index (κ3) is 1.86. The zero-order chi connectivity index (χ0) is 12.9. The Balaban J connectivity index is 1.60. The Hall–Kier alpha value is -0.820.